The van der Waals surface area contributed by atoms with E-state index in [2.05, 4.69) is 36.5 Å². The highest BCUT2D eigenvalue weighted by Crippen LogP contribution is 2.35. The van der Waals surface area contributed by atoms with E-state index in [0.29, 0.717) is 30.8 Å². The van der Waals surface area contributed by atoms with Crippen molar-refractivity contribution in [3.05, 3.63) is 11.3 Å². The summed E-state index contributed by atoms with van der Waals surface area (Å²) < 4.78 is 0. The Labute approximate surface area is 117 Å². The number of nitrogens with two attached hydrogens (primary N) is 1. The normalized spacial score (nSPS) is 34.2. The third-order valence-corrected chi connectivity index (χ3v) is 3.94. The molecule has 3 aliphatic heterocycles. The molecule has 19 heavy (non-hydrogen) atoms. The third kappa shape index (κ3) is 2.05. The standard InChI is InChI=1S/C11H12BrN5O2/c12-6-3-5-4(7-10(19)17-11(13)16-7)1-2-14-9(18)8(5)15-6/h5-6H,1-3H2,(H,14,18)(H3,13,16,17,19). The van der Waals surface area contributed by atoms with Gasteiger partial charge >= 0.3 is 0 Å². The van der Waals surface area contributed by atoms with Crippen molar-refractivity contribution in [2.75, 3.05) is 6.54 Å². The van der Waals surface area contributed by atoms with Crippen molar-refractivity contribution in [1.29, 1.82) is 0 Å². The molecule has 0 saturated carbocycles. The van der Waals surface area contributed by atoms with Crippen LogP contribution in [0.2, 0.25) is 0 Å². The lowest BCUT2D eigenvalue weighted by atomic mass is 9.89. The van der Waals surface area contributed by atoms with Crippen LogP contribution in [0.5, 0.6) is 0 Å². The smallest absolute Gasteiger partial charge is 0.276 e. The number of carbonyl (C=O) groups is 2. The van der Waals surface area contributed by atoms with Gasteiger partial charge in [0.1, 0.15) is 16.4 Å². The predicted molar refractivity (Wildman–Crippen MR) is 72.7 cm³/mol. The zero-order chi connectivity index (χ0) is 13.6. The van der Waals surface area contributed by atoms with Gasteiger partial charge in [-0.1, -0.05) is 15.9 Å². The van der Waals surface area contributed by atoms with Crippen LogP contribution in [-0.2, 0) is 9.59 Å². The summed E-state index contributed by atoms with van der Waals surface area (Å²) in [6.07, 6.45) is 1.24. The van der Waals surface area contributed by atoms with Crippen LogP contribution in [0, 0.1) is 5.92 Å². The molecule has 100 valence electrons. The molecule has 1 fully saturated rings. The van der Waals surface area contributed by atoms with Gasteiger partial charge in [0.2, 0.25) is 5.96 Å². The number of nitrogens with zero attached hydrogens (tertiary/aromatic N) is 2. The molecule has 8 heteroatoms. The average molecular weight is 326 g/mol. The Bertz CT molecular complexity index is 565. The highest BCUT2D eigenvalue weighted by Gasteiger charge is 2.38. The van der Waals surface area contributed by atoms with Gasteiger partial charge in [-0.3, -0.25) is 19.9 Å². The van der Waals surface area contributed by atoms with Crippen LogP contribution in [0.1, 0.15) is 12.8 Å². The van der Waals surface area contributed by atoms with Gasteiger partial charge in [0.25, 0.3) is 11.8 Å². The Hall–Kier alpha value is -1.70. The summed E-state index contributed by atoms with van der Waals surface area (Å²) in [5.41, 5.74) is 7.14. The monoisotopic (exact) mass is 325 g/mol. The van der Waals surface area contributed by atoms with Crippen LogP contribution in [0.15, 0.2) is 21.3 Å². The van der Waals surface area contributed by atoms with E-state index in [-0.39, 0.29) is 28.6 Å². The van der Waals surface area contributed by atoms with E-state index in [1.165, 1.54) is 0 Å². The number of nitrogens with one attached hydrogen (secondary N) is 2. The molecule has 0 aromatic carbocycles. The van der Waals surface area contributed by atoms with Crippen LogP contribution in [-0.4, -0.2) is 35.0 Å². The number of hydrogen-bond acceptors (Lipinski definition) is 5. The van der Waals surface area contributed by atoms with Gasteiger partial charge in [-0.25, -0.2) is 4.99 Å². The number of carbonyl (C=O) groups excluding carboxylic acids is 2. The van der Waals surface area contributed by atoms with Crippen molar-refractivity contribution >= 4 is 39.4 Å². The van der Waals surface area contributed by atoms with Crippen LogP contribution >= 0.6 is 15.9 Å². The molecule has 2 atom stereocenters. The van der Waals surface area contributed by atoms with E-state index in [0.717, 1.165) is 5.57 Å². The number of aliphatic imine (C=N–C) groups is 2. The van der Waals surface area contributed by atoms with Crippen molar-refractivity contribution in [3.8, 4) is 0 Å². The lowest BCUT2D eigenvalue weighted by Crippen LogP contribution is -2.31. The minimum absolute atomic E-state index is 0.0993. The molecule has 2 amide bonds. The fourth-order valence-corrected chi connectivity index (χ4v) is 3.17. The molecule has 0 aromatic heterocycles. The van der Waals surface area contributed by atoms with Crippen molar-refractivity contribution in [2.24, 2.45) is 21.6 Å². The molecule has 2 unspecified atom stereocenters. The Balaban J connectivity index is 2.07. The van der Waals surface area contributed by atoms with Crippen molar-refractivity contribution in [2.45, 2.75) is 17.8 Å². The molecule has 3 heterocycles. The van der Waals surface area contributed by atoms with Gasteiger partial charge in [-0.2, -0.15) is 0 Å². The lowest BCUT2D eigenvalue weighted by molar-refractivity contribution is -0.116. The summed E-state index contributed by atoms with van der Waals surface area (Å²) in [5, 5.41) is 5.24. The van der Waals surface area contributed by atoms with E-state index in [9.17, 15) is 9.59 Å². The molecule has 0 aliphatic carbocycles. The lowest BCUT2D eigenvalue weighted by Gasteiger charge is -2.13. The minimum Gasteiger partial charge on any atom is -0.369 e. The van der Waals surface area contributed by atoms with E-state index >= 15 is 0 Å². The number of guanidine groups is 1. The highest BCUT2D eigenvalue weighted by atomic mass is 79.9. The van der Waals surface area contributed by atoms with Crippen LogP contribution < -0.4 is 16.4 Å². The van der Waals surface area contributed by atoms with Gasteiger partial charge < -0.3 is 11.1 Å². The molecule has 0 spiro atoms. The number of halogens is 1. The van der Waals surface area contributed by atoms with Crippen LogP contribution in [0.4, 0.5) is 0 Å². The maximum absolute atomic E-state index is 11.9. The summed E-state index contributed by atoms with van der Waals surface area (Å²) in [6, 6.07) is 0. The quantitative estimate of drug-likeness (QED) is 0.314. The largest absolute Gasteiger partial charge is 0.369 e. The van der Waals surface area contributed by atoms with E-state index in [1.807, 2.05) is 0 Å². The van der Waals surface area contributed by atoms with E-state index < -0.39 is 0 Å². The van der Waals surface area contributed by atoms with Gasteiger partial charge in [-0.05, 0) is 18.4 Å². The Morgan fingerprint density at radius 2 is 2.11 bits per heavy atom. The third-order valence-electron chi connectivity index (χ3n) is 3.37. The number of alkyl halides is 1. The zero-order valence-electron chi connectivity index (χ0n) is 9.94. The van der Waals surface area contributed by atoms with E-state index in [1.54, 1.807) is 0 Å². The number of fused-ring (bicyclic) bond motifs is 1. The highest BCUT2D eigenvalue weighted by molar-refractivity contribution is 9.09. The van der Waals surface area contributed by atoms with Gasteiger partial charge in [0.15, 0.2) is 0 Å². The van der Waals surface area contributed by atoms with Gasteiger partial charge in [0.05, 0.1) is 0 Å². The first kappa shape index (κ1) is 12.3. The SMILES string of the molecule is NC1=NC(=C2CCNC(=O)C3=NC(Br)CC32)C(=O)N1. The second-order valence-corrected chi connectivity index (χ2v) is 5.62. The molecule has 1 saturated heterocycles. The van der Waals surface area contributed by atoms with Crippen molar-refractivity contribution < 1.29 is 9.59 Å². The predicted octanol–water partition coefficient (Wildman–Crippen LogP) is -0.613. The summed E-state index contributed by atoms with van der Waals surface area (Å²) in [7, 11) is 0. The van der Waals surface area contributed by atoms with Gasteiger partial charge in [-0.15, -0.1) is 0 Å². The number of hydrogen-bond donors (Lipinski definition) is 3. The second-order valence-electron chi connectivity index (χ2n) is 4.57. The summed E-state index contributed by atoms with van der Waals surface area (Å²) in [4.78, 5) is 32.0. The number of amides is 2. The topological polar surface area (TPSA) is 109 Å². The summed E-state index contributed by atoms with van der Waals surface area (Å²) in [5.74, 6) is -0.540. The molecule has 0 aromatic rings. The first-order chi connectivity index (χ1) is 9.06. The molecular weight excluding hydrogens is 314 g/mol. The van der Waals surface area contributed by atoms with E-state index in [4.69, 9.17) is 5.73 Å². The fraction of sp³-hybridized carbons (Fsp3) is 0.455. The molecule has 0 radical (unpaired) electrons. The van der Waals surface area contributed by atoms with Crippen LogP contribution in [0.25, 0.3) is 0 Å². The molecular formula is C11H12BrN5O2. The fourth-order valence-electron chi connectivity index (χ4n) is 2.58. The summed E-state index contributed by atoms with van der Waals surface area (Å²) >= 11 is 3.39. The summed E-state index contributed by atoms with van der Waals surface area (Å²) in [6.45, 7) is 0.475. The Morgan fingerprint density at radius 3 is 2.79 bits per heavy atom. The molecule has 7 nitrogen and oxygen atoms in total. The maximum atomic E-state index is 11.9. The molecule has 0 bridgehead atoms. The van der Waals surface area contributed by atoms with Gasteiger partial charge in [0, 0.05) is 12.5 Å². The molecule has 3 rings (SSSR count). The minimum atomic E-state index is -0.306. The first-order valence-electron chi connectivity index (χ1n) is 5.95. The Morgan fingerprint density at radius 1 is 1.32 bits per heavy atom. The zero-order valence-corrected chi connectivity index (χ0v) is 11.5. The average Bonchev–Trinajstić information content (AvgIpc) is 2.84. The molecule has 3 aliphatic rings. The second kappa shape index (κ2) is 4.44. The van der Waals surface area contributed by atoms with Crippen molar-refractivity contribution in [3.63, 3.8) is 0 Å². The molecule has 4 N–H and O–H groups in total. The Kier molecular flexibility index (Phi) is 2.89. The maximum Gasteiger partial charge on any atom is 0.276 e. The first-order valence-corrected chi connectivity index (χ1v) is 6.86. The van der Waals surface area contributed by atoms with Crippen molar-refractivity contribution in [1.82, 2.24) is 10.6 Å². The van der Waals surface area contributed by atoms with Crippen LogP contribution in [0.3, 0.4) is 0 Å². The number of rotatable bonds is 0.